The molecule has 0 spiro atoms. The second-order valence-corrected chi connectivity index (χ2v) is 8.12. The van der Waals surface area contributed by atoms with Crippen LogP contribution in [0.3, 0.4) is 0 Å². The number of aliphatic hydroxyl groups is 1. The highest BCUT2D eigenvalue weighted by molar-refractivity contribution is 5.49. The van der Waals surface area contributed by atoms with Gasteiger partial charge in [0.2, 0.25) is 0 Å². The Balaban J connectivity index is 1.96. The van der Waals surface area contributed by atoms with Crippen molar-refractivity contribution in [3.8, 4) is 0 Å². The number of rotatable bonds is 2. The predicted octanol–water partition coefficient (Wildman–Crippen LogP) is 5.06. The Bertz CT molecular complexity index is 567. The van der Waals surface area contributed by atoms with E-state index < -0.39 is 0 Å². The Morgan fingerprint density at radius 3 is 2.77 bits per heavy atom. The highest BCUT2D eigenvalue weighted by Crippen LogP contribution is 2.61. The standard InChI is InChI=1S/C20H28O2/c1-14-16(7-6-15-8-11-22-13-15)20(4)10-5-9-19(2,3)18(20)12-17(14)21/h6-8,11,13,16-18,21H,1,5,9-10,12H2,2-4H3/b7-6+/t16-,17-,18-,20?/m0/s1. The summed E-state index contributed by atoms with van der Waals surface area (Å²) in [4.78, 5) is 0. The van der Waals surface area contributed by atoms with E-state index in [1.165, 1.54) is 19.3 Å². The minimum absolute atomic E-state index is 0.193. The number of furan rings is 1. The largest absolute Gasteiger partial charge is 0.472 e. The summed E-state index contributed by atoms with van der Waals surface area (Å²) in [7, 11) is 0. The van der Waals surface area contributed by atoms with Gasteiger partial charge in [0.05, 0.1) is 18.6 Å². The summed E-state index contributed by atoms with van der Waals surface area (Å²) >= 11 is 0. The molecule has 0 bridgehead atoms. The zero-order chi connectivity index (χ0) is 16.0. The van der Waals surface area contributed by atoms with Crippen molar-refractivity contribution in [3.05, 3.63) is 42.4 Å². The van der Waals surface area contributed by atoms with Gasteiger partial charge in [-0.1, -0.05) is 45.9 Å². The van der Waals surface area contributed by atoms with Crippen molar-refractivity contribution in [1.29, 1.82) is 0 Å². The van der Waals surface area contributed by atoms with Gasteiger partial charge in [-0.15, -0.1) is 0 Å². The number of hydrogen-bond acceptors (Lipinski definition) is 2. The topological polar surface area (TPSA) is 33.4 Å². The molecule has 0 radical (unpaired) electrons. The van der Waals surface area contributed by atoms with E-state index in [9.17, 15) is 5.11 Å². The lowest BCUT2D eigenvalue weighted by Gasteiger charge is -2.58. The highest BCUT2D eigenvalue weighted by atomic mass is 16.3. The quantitative estimate of drug-likeness (QED) is 0.774. The minimum atomic E-state index is -0.380. The maximum atomic E-state index is 10.5. The van der Waals surface area contributed by atoms with Crippen LogP contribution in [0.2, 0.25) is 0 Å². The lowest BCUT2D eigenvalue weighted by Crippen LogP contribution is -2.52. The van der Waals surface area contributed by atoms with Crippen molar-refractivity contribution in [2.24, 2.45) is 22.7 Å². The fourth-order valence-corrected chi connectivity index (χ4v) is 5.05. The fourth-order valence-electron chi connectivity index (χ4n) is 5.05. The molecule has 1 unspecified atom stereocenters. The molecule has 4 atom stereocenters. The van der Waals surface area contributed by atoms with E-state index in [1.807, 2.05) is 6.07 Å². The second kappa shape index (κ2) is 5.42. The van der Waals surface area contributed by atoms with Crippen LogP contribution < -0.4 is 0 Å². The Morgan fingerprint density at radius 2 is 2.09 bits per heavy atom. The number of allylic oxidation sites excluding steroid dienone is 1. The molecule has 1 aromatic rings. The first kappa shape index (κ1) is 15.6. The van der Waals surface area contributed by atoms with Gasteiger partial charge in [0.1, 0.15) is 0 Å². The molecule has 1 heterocycles. The zero-order valence-corrected chi connectivity index (χ0v) is 14.0. The molecule has 2 saturated carbocycles. The zero-order valence-electron chi connectivity index (χ0n) is 14.0. The molecule has 1 N–H and O–H groups in total. The van der Waals surface area contributed by atoms with Crippen LogP contribution in [0.25, 0.3) is 6.08 Å². The molecule has 2 aliphatic rings. The molecule has 3 rings (SSSR count). The van der Waals surface area contributed by atoms with E-state index in [0.29, 0.717) is 5.92 Å². The van der Waals surface area contributed by atoms with Gasteiger partial charge in [-0.3, -0.25) is 0 Å². The van der Waals surface area contributed by atoms with Gasteiger partial charge < -0.3 is 9.52 Å². The monoisotopic (exact) mass is 300 g/mol. The van der Waals surface area contributed by atoms with Crippen LogP contribution in [-0.2, 0) is 0 Å². The number of fused-ring (bicyclic) bond motifs is 1. The van der Waals surface area contributed by atoms with E-state index >= 15 is 0 Å². The predicted molar refractivity (Wildman–Crippen MR) is 90.2 cm³/mol. The summed E-state index contributed by atoms with van der Waals surface area (Å²) in [6.45, 7) is 11.4. The third-order valence-electron chi connectivity index (χ3n) is 6.30. The Kier molecular flexibility index (Phi) is 3.84. The summed E-state index contributed by atoms with van der Waals surface area (Å²) in [6, 6.07) is 1.96. The van der Waals surface area contributed by atoms with Gasteiger partial charge in [0.25, 0.3) is 0 Å². The van der Waals surface area contributed by atoms with E-state index in [0.717, 1.165) is 17.6 Å². The average molecular weight is 300 g/mol. The van der Waals surface area contributed by atoms with Crippen molar-refractivity contribution < 1.29 is 9.52 Å². The molecule has 2 fully saturated rings. The van der Waals surface area contributed by atoms with Gasteiger partial charge in [0.15, 0.2) is 0 Å². The van der Waals surface area contributed by atoms with Crippen LogP contribution in [0.15, 0.2) is 41.2 Å². The van der Waals surface area contributed by atoms with Crippen LogP contribution in [-0.4, -0.2) is 11.2 Å². The van der Waals surface area contributed by atoms with Crippen LogP contribution in [0.1, 0.15) is 52.0 Å². The molecule has 120 valence electrons. The summed E-state index contributed by atoms with van der Waals surface area (Å²) < 4.78 is 5.14. The maximum absolute atomic E-state index is 10.5. The summed E-state index contributed by atoms with van der Waals surface area (Å²) in [5.41, 5.74) is 2.54. The molecule has 2 nitrogen and oxygen atoms in total. The summed E-state index contributed by atoms with van der Waals surface area (Å²) in [6.07, 6.45) is 12.0. The lowest BCUT2D eigenvalue weighted by atomic mass is 9.47. The first-order valence-corrected chi connectivity index (χ1v) is 8.42. The molecule has 1 aromatic heterocycles. The van der Waals surface area contributed by atoms with Crippen LogP contribution in [0.4, 0.5) is 0 Å². The Morgan fingerprint density at radius 1 is 1.32 bits per heavy atom. The van der Waals surface area contributed by atoms with Crippen molar-refractivity contribution in [2.45, 2.75) is 52.6 Å². The van der Waals surface area contributed by atoms with Crippen molar-refractivity contribution in [1.82, 2.24) is 0 Å². The molecular formula is C20H28O2. The normalized spacial score (nSPS) is 38.2. The van der Waals surface area contributed by atoms with Gasteiger partial charge in [-0.25, -0.2) is 0 Å². The van der Waals surface area contributed by atoms with Crippen molar-refractivity contribution >= 4 is 6.08 Å². The van der Waals surface area contributed by atoms with Crippen LogP contribution in [0, 0.1) is 22.7 Å². The molecule has 0 saturated heterocycles. The van der Waals surface area contributed by atoms with E-state index in [1.54, 1.807) is 12.5 Å². The van der Waals surface area contributed by atoms with E-state index in [4.69, 9.17) is 4.42 Å². The molecule has 0 aromatic carbocycles. The molecule has 22 heavy (non-hydrogen) atoms. The highest BCUT2D eigenvalue weighted by Gasteiger charge is 2.54. The van der Waals surface area contributed by atoms with Crippen LogP contribution >= 0.6 is 0 Å². The third kappa shape index (κ3) is 2.48. The molecular weight excluding hydrogens is 272 g/mol. The van der Waals surface area contributed by atoms with Crippen LogP contribution in [0.5, 0.6) is 0 Å². The first-order valence-electron chi connectivity index (χ1n) is 8.42. The third-order valence-corrected chi connectivity index (χ3v) is 6.30. The molecule has 0 aliphatic heterocycles. The number of hydrogen-bond donors (Lipinski definition) is 1. The van der Waals surface area contributed by atoms with E-state index in [2.05, 4.69) is 39.5 Å². The Labute approximate surface area is 133 Å². The van der Waals surface area contributed by atoms with Crippen molar-refractivity contribution in [2.75, 3.05) is 0 Å². The number of aliphatic hydroxyl groups excluding tert-OH is 1. The lowest BCUT2D eigenvalue weighted by molar-refractivity contribution is -0.0697. The van der Waals surface area contributed by atoms with Gasteiger partial charge in [-0.2, -0.15) is 0 Å². The van der Waals surface area contributed by atoms with Gasteiger partial charge in [0, 0.05) is 11.5 Å². The smallest absolute Gasteiger partial charge is 0.0974 e. The second-order valence-electron chi connectivity index (χ2n) is 8.12. The minimum Gasteiger partial charge on any atom is -0.472 e. The molecule has 2 heteroatoms. The molecule has 2 aliphatic carbocycles. The maximum Gasteiger partial charge on any atom is 0.0974 e. The average Bonchev–Trinajstić information content (AvgIpc) is 2.94. The van der Waals surface area contributed by atoms with Crippen molar-refractivity contribution in [3.63, 3.8) is 0 Å². The molecule has 0 amide bonds. The first-order chi connectivity index (χ1) is 10.3. The Hall–Kier alpha value is -1.28. The SMILES string of the molecule is C=C1[C@@H](O)C[C@H]2C(C)(C)CCCC2(C)[C@H]1/C=C/c1ccoc1. The summed E-state index contributed by atoms with van der Waals surface area (Å²) in [5, 5.41) is 10.5. The fraction of sp³-hybridized carbons (Fsp3) is 0.600. The van der Waals surface area contributed by atoms with E-state index in [-0.39, 0.29) is 22.9 Å². The van der Waals surface area contributed by atoms with Gasteiger partial charge in [-0.05, 0) is 47.6 Å². The summed E-state index contributed by atoms with van der Waals surface area (Å²) in [5.74, 6) is 0.768. The van der Waals surface area contributed by atoms with Gasteiger partial charge >= 0.3 is 0 Å².